The summed E-state index contributed by atoms with van der Waals surface area (Å²) in [6.07, 6.45) is 7.79. The first-order valence-corrected chi connectivity index (χ1v) is 6.04. The van der Waals surface area contributed by atoms with Gasteiger partial charge >= 0.3 is 0 Å². The molecule has 0 aliphatic carbocycles. The summed E-state index contributed by atoms with van der Waals surface area (Å²) >= 11 is 0. The van der Waals surface area contributed by atoms with Gasteiger partial charge in [-0.2, -0.15) is 0 Å². The predicted octanol–water partition coefficient (Wildman–Crippen LogP) is 1.68. The quantitative estimate of drug-likeness (QED) is 0.646. The van der Waals surface area contributed by atoms with Crippen molar-refractivity contribution < 1.29 is 4.79 Å². The molecule has 0 fully saturated rings. The molecule has 16 heavy (non-hydrogen) atoms. The van der Waals surface area contributed by atoms with Crippen LogP contribution in [0, 0.1) is 12.3 Å². The minimum atomic E-state index is -0.191. The standard InChI is InChI=1S/C13H24N2O/c1-6-9-10(4)14-11(5)13(16)15-12(7-2)8-3/h1,10-12,14H,7-9H2,2-5H3,(H,15,16). The molecule has 2 atom stereocenters. The Morgan fingerprint density at radius 3 is 2.31 bits per heavy atom. The van der Waals surface area contributed by atoms with Gasteiger partial charge in [-0.05, 0) is 26.7 Å². The molecule has 2 unspecified atom stereocenters. The molecule has 0 saturated heterocycles. The maximum Gasteiger partial charge on any atom is 0.237 e. The molecule has 2 N–H and O–H groups in total. The summed E-state index contributed by atoms with van der Waals surface area (Å²) < 4.78 is 0. The van der Waals surface area contributed by atoms with Crippen LogP contribution in [0.15, 0.2) is 0 Å². The zero-order valence-corrected chi connectivity index (χ0v) is 10.8. The highest BCUT2D eigenvalue weighted by atomic mass is 16.2. The maximum absolute atomic E-state index is 11.8. The van der Waals surface area contributed by atoms with Crippen molar-refractivity contribution in [3.8, 4) is 12.3 Å². The summed E-state index contributed by atoms with van der Waals surface area (Å²) in [5, 5.41) is 6.19. The van der Waals surface area contributed by atoms with Crippen molar-refractivity contribution in [1.82, 2.24) is 10.6 Å². The molecule has 3 heteroatoms. The minimum Gasteiger partial charge on any atom is -0.352 e. The van der Waals surface area contributed by atoms with Crippen molar-refractivity contribution in [2.24, 2.45) is 0 Å². The van der Waals surface area contributed by atoms with Gasteiger partial charge < -0.3 is 10.6 Å². The fourth-order valence-electron chi connectivity index (χ4n) is 1.56. The lowest BCUT2D eigenvalue weighted by atomic mass is 10.1. The maximum atomic E-state index is 11.8. The van der Waals surface area contributed by atoms with Gasteiger partial charge in [0.1, 0.15) is 0 Å². The van der Waals surface area contributed by atoms with E-state index in [4.69, 9.17) is 6.42 Å². The van der Waals surface area contributed by atoms with Crippen LogP contribution in [0.25, 0.3) is 0 Å². The topological polar surface area (TPSA) is 41.1 Å². The molecular weight excluding hydrogens is 200 g/mol. The monoisotopic (exact) mass is 224 g/mol. The van der Waals surface area contributed by atoms with Crippen molar-refractivity contribution in [2.45, 2.75) is 65.1 Å². The smallest absolute Gasteiger partial charge is 0.237 e. The fourth-order valence-corrected chi connectivity index (χ4v) is 1.56. The number of hydrogen-bond donors (Lipinski definition) is 2. The number of terminal acetylenes is 1. The van der Waals surface area contributed by atoms with E-state index in [9.17, 15) is 4.79 Å². The van der Waals surface area contributed by atoms with Crippen molar-refractivity contribution in [2.75, 3.05) is 0 Å². The lowest BCUT2D eigenvalue weighted by molar-refractivity contribution is -0.123. The Bertz CT molecular complexity index is 241. The third-order valence-electron chi connectivity index (χ3n) is 2.68. The summed E-state index contributed by atoms with van der Waals surface area (Å²) in [4.78, 5) is 11.8. The van der Waals surface area contributed by atoms with Gasteiger partial charge in [0, 0.05) is 18.5 Å². The van der Waals surface area contributed by atoms with Crippen molar-refractivity contribution in [3.05, 3.63) is 0 Å². The van der Waals surface area contributed by atoms with E-state index in [0.29, 0.717) is 6.42 Å². The van der Waals surface area contributed by atoms with Crippen LogP contribution in [0.2, 0.25) is 0 Å². The lowest BCUT2D eigenvalue weighted by Gasteiger charge is -2.21. The molecule has 0 spiro atoms. The van der Waals surface area contributed by atoms with Crippen LogP contribution in [-0.4, -0.2) is 24.0 Å². The van der Waals surface area contributed by atoms with E-state index in [1.54, 1.807) is 0 Å². The molecule has 1 amide bonds. The normalized spacial score (nSPS) is 14.2. The van der Waals surface area contributed by atoms with E-state index in [1.165, 1.54) is 0 Å². The van der Waals surface area contributed by atoms with E-state index < -0.39 is 0 Å². The Kier molecular flexibility index (Phi) is 7.66. The first-order chi connectivity index (χ1) is 7.54. The first-order valence-electron chi connectivity index (χ1n) is 6.04. The van der Waals surface area contributed by atoms with Crippen molar-refractivity contribution in [3.63, 3.8) is 0 Å². The van der Waals surface area contributed by atoms with E-state index in [-0.39, 0.29) is 24.0 Å². The minimum absolute atomic E-state index is 0.0533. The molecule has 0 radical (unpaired) electrons. The average molecular weight is 224 g/mol. The van der Waals surface area contributed by atoms with Gasteiger partial charge in [-0.3, -0.25) is 4.79 Å². The molecule has 0 bridgehead atoms. The average Bonchev–Trinajstić information content (AvgIpc) is 2.25. The van der Waals surface area contributed by atoms with Gasteiger partial charge in [0.25, 0.3) is 0 Å². The molecule has 0 aromatic carbocycles. The highest BCUT2D eigenvalue weighted by Gasteiger charge is 2.16. The Morgan fingerprint density at radius 1 is 1.31 bits per heavy atom. The third-order valence-corrected chi connectivity index (χ3v) is 2.68. The van der Waals surface area contributed by atoms with E-state index in [2.05, 4.69) is 30.4 Å². The molecule has 92 valence electrons. The van der Waals surface area contributed by atoms with E-state index in [1.807, 2.05) is 13.8 Å². The summed E-state index contributed by atoms with van der Waals surface area (Å²) in [7, 11) is 0. The Balaban J connectivity index is 4.03. The lowest BCUT2D eigenvalue weighted by Crippen LogP contribution is -2.48. The molecule has 0 aromatic rings. The number of hydrogen-bond acceptors (Lipinski definition) is 2. The zero-order valence-electron chi connectivity index (χ0n) is 10.8. The van der Waals surface area contributed by atoms with Gasteiger partial charge in [0.2, 0.25) is 5.91 Å². The number of amides is 1. The molecule has 0 saturated carbocycles. The summed E-state index contributed by atoms with van der Waals surface area (Å²) in [6.45, 7) is 8.01. The van der Waals surface area contributed by atoms with Crippen LogP contribution in [0.4, 0.5) is 0 Å². The second-order valence-electron chi connectivity index (χ2n) is 4.22. The Hall–Kier alpha value is -1.01. The highest BCUT2D eigenvalue weighted by Crippen LogP contribution is 1.98. The Morgan fingerprint density at radius 2 is 1.88 bits per heavy atom. The van der Waals surface area contributed by atoms with Crippen LogP contribution in [-0.2, 0) is 4.79 Å². The summed E-state index contributed by atoms with van der Waals surface area (Å²) in [5.74, 6) is 2.63. The number of carbonyl (C=O) groups is 1. The SMILES string of the molecule is C#CCC(C)NC(C)C(=O)NC(CC)CC. The van der Waals surface area contributed by atoms with Gasteiger partial charge in [-0.15, -0.1) is 12.3 Å². The van der Waals surface area contributed by atoms with Crippen LogP contribution in [0.5, 0.6) is 0 Å². The molecule has 0 aliphatic rings. The van der Waals surface area contributed by atoms with E-state index in [0.717, 1.165) is 12.8 Å². The fraction of sp³-hybridized carbons (Fsp3) is 0.769. The Labute approximate surface area is 99.4 Å². The first kappa shape index (κ1) is 15.0. The van der Waals surface area contributed by atoms with Gasteiger partial charge in [-0.25, -0.2) is 0 Å². The molecule has 0 heterocycles. The van der Waals surface area contributed by atoms with E-state index >= 15 is 0 Å². The van der Waals surface area contributed by atoms with Crippen LogP contribution >= 0.6 is 0 Å². The van der Waals surface area contributed by atoms with Crippen LogP contribution in [0.3, 0.4) is 0 Å². The van der Waals surface area contributed by atoms with Crippen molar-refractivity contribution >= 4 is 5.91 Å². The van der Waals surface area contributed by atoms with Gasteiger partial charge in [0.05, 0.1) is 6.04 Å². The molecule has 0 aliphatic heterocycles. The predicted molar refractivity (Wildman–Crippen MR) is 68.0 cm³/mol. The number of rotatable bonds is 7. The summed E-state index contributed by atoms with van der Waals surface area (Å²) in [6, 6.07) is 0.260. The van der Waals surface area contributed by atoms with Crippen LogP contribution in [0.1, 0.15) is 47.0 Å². The largest absolute Gasteiger partial charge is 0.352 e. The molecular formula is C13H24N2O. The molecule has 0 aromatic heterocycles. The van der Waals surface area contributed by atoms with Crippen LogP contribution < -0.4 is 10.6 Å². The molecule has 3 nitrogen and oxygen atoms in total. The third kappa shape index (κ3) is 5.77. The van der Waals surface area contributed by atoms with Gasteiger partial charge in [0.15, 0.2) is 0 Å². The van der Waals surface area contributed by atoms with Crippen molar-refractivity contribution in [1.29, 1.82) is 0 Å². The van der Waals surface area contributed by atoms with Gasteiger partial charge in [-0.1, -0.05) is 13.8 Å². The second-order valence-corrected chi connectivity index (χ2v) is 4.22. The highest BCUT2D eigenvalue weighted by molar-refractivity contribution is 5.81. The molecule has 0 rings (SSSR count). The second kappa shape index (κ2) is 8.18. The number of carbonyl (C=O) groups excluding carboxylic acids is 1. The number of nitrogens with one attached hydrogen (secondary N) is 2. The summed E-state index contributed by atoms with van der Waals surface area (Å²) in [5.41, 5.74) is 0. The zero-order chi connectivity index (χ0) is 12.6.